The molecule has 2 aromatic rings. The molecule has 0 aliphatic carbocycles. The first-order valence-electron chi connectivity index (χ1n) is 8.87. The number of ether oxygens (including phenoxy) is 1. The third kappa shape index (κ3) is 4.62. The summed E-state index contributed by atoms with van der Waals surface area (Å²) in [5, 5.41) is 2.94. The molecule has 26 heavy (non-hydrogen) atoms. The first-order chi connectivity index (χ1) is 12.6. The maximum atomic E-state index is 12.2. The van der Waals surface area contributed by atoms with E-state index in [0.29, 0.717) is 43.5 Å². The molecule has 7 nitrogen and oxygen atoms in total. The summed E-state index contributed by atoms with van der Waals surface area (Å²) in [5.41, 5.74) is 2.18. The van der Waals surface area contributed by atoms with Crippen molar-refractivity contribution >= 4 is 12.0 Å². The lowest BCUT2D eigenvalue weighted by atomic mass is 9.97. The van der Waals surface area contributed by atoms with Crippen LogP contribution in [0.5, 0.6) is 0 Å². The van der Waals surface area contributed by atoms with Gasteiger partial charge in [0.15, 0.2) is 0 Å². The van der Waals surface area contributed by atoms with Gasteiger partial charge in [0.1, 0.15) is 12.3 Å². The molecule has 0 atom stereocenters. The Morgan fingerprint density at radius 3 is 2.65 bits per heavy atom. The SMILES string of the molecule is Cc1nc[nH]c1C(=O)NCC1CCN(C(=O)OCc2ccccc2)CC1. The number of likely N-dealkylation sites (tertiary alicyclic amines) is 1. The number of imidazole rings is 1. The molecule has 1 aromatic heterocycles. The molecule has 1 fully saturated rings. The number of amides is 2. The number of carbonyl (C=O) groups excluding carboxylic acids is 2. The minimum absolute atomic E-state index is 0.135. The van der Waals surface area contributed by atoms with E-state index >= 15 is 0 Å². The van der Waals surface area contributed by atoms with Crippen LogP contribution in [0.1, 0.15) is 34.6 Å². The van der Waals surface area contributed by atoms with Crippen molar-refractivity contribution in [3.05, 3.63) is 53.6 Å². The monoisotopic (exact) mass is 356 g/mol. The van der Waals surface area contributed by atoms with Crippen molar-refractivity contribution in [2.24, 2.45) is 5.92 Å². The van der Waals surface area contributed by atoms with Crippen molar-refractivity contribution in [2.75, 3.05) is 19.6 Å². The lowest BCUT2D eigenvalue weighted by Crippen LogP contribution is -2.41. The highest BCUT2D eigenvalue weighted by molar-refractivity contribution is 5.93. The van der Waals surface area contributed by atoms with Gasteiger partial charge in [0.2, 0.25) is 0 Å². The normalized spacial score (nSPS) is 14.9. The minimum atomic E-state index is -0.274. The highest BCUT2D eigenvalue weighted by Gasteiger charge is 2.24. The van der Waals surface area contributed by atoms with Gasteiger partial charge in [-0.15, -0.1) is 0 Å². The molecule has 7 heteroatoms. The topological polar surface area (TPSA) is 87.3 Å². The Labute approximate surface area is 152 Å². The molecule has 0 unspecified atom stereocenters. The molecule has 138 valence electrons. The Balaban J connectivity index is 1.38. The lowest BCUT2D eigenvalue weighted by Gasteiger charge is -2.31. The molecule has 0 radical (unpaired) electrons. The van der Waals surface area contributed by atoms with Crippen molar-refractivity contribution in [2.45, 2.75) is 26.4 Å². The van der Waals surface area contributed by atoms with Crippen LogP contribution in [0.4, 0.5) is 4.79 Å². The van der Waals surface area contributed by atoms with Gasteiger partial charge in [-0.2, -0.15) is 0 Å². The third-order valence-corrected chi connectivity index (χ3v) is 4.69. The molecule has 2 heterocycles. The van der Waals surface area contributed by atoms with E-state index in [1.165, 1.54) is 6.33 Å². The number of piperidine rings is 1. The lowest BCUT2D eigenvalue weighted by molar-refractivity contribution is 0.0800. The summed E-state index contributed by atoms with van der Waals surface area (Å²) in [6, 6.07) is 9.65. The minimum Gasteiger partial charge on any atom is -0.445 e. The number of nitrogens with zero attached hydrogens (tertiary/aromatic N) is 2. The van der Waals surface area contributed by atoms with Gasteiger partial charge >= 0.3 is 6.09 Å². The molecule has 3 rings (SSSR count). The van der Waals surface area contributed by atoms with Crippen LogP contribution in [-0.4, -0.2) is 46.5 Å². The summed E-state index contributed by atoms with van der Waals surface area (Å²) in [5.74, 6) is 0.227. The van der Waals surface area contributed by atoms with Crippen LogP contribution in [0, 0.1) is 12.8 Å². The number of rotatable bonds is 5. The standard InChI is InChI=1S/C19H24N4O3/c1-14-17(22-13-21-14)18(24)20-11-15-7-9-23(10-8-15)19(25)26-12-16-5-3-2-4-6-16/h2-6,13,15H,7-12H2,1H3,(H,20,24)(H,21,22). The number of aryl methyl sites for hydroxylation is 1. The summed E-state index contributed by atoms with van der Waals surface area (Å²) in [6.07, 6.45) is 2.94. The summed E-state index contributed by atoms with van der Waals surface area (Å²) in [7, 11) is 0. The number of nitrogens with one attached hydrogen (secondary N) is 2. The molecule has 1 aliphatic heterocycles. The fourth-order valence-electron chi connectivity index (χ4n) is 3.05. The summed E-state index contributed by atoms with van der Waals surface area (Å²) < 4.78 is 5.37. The summed E-state index contributed by atoms with van der Waals surface area (Å²) >= 11 is 0. The summed E-state index contributed by atoms with van der Waals surface area (Å²) in [4.78, 5) is 32.9. The highest BCUT2D eigenvalue weighted by Crippen LogP contribution is 2.18. The number of aromatic nitrogens is 2. The predicted molar refractivity (Wildman–Crippen MR) is 96.6 cm³/mol. The average Bonchev–Trinajstić information content (AvgIpc) is 3.11. The van der Waals surface area contributed by atoms with Crippen LogP contribution in [0.3, 0.4) is 0 Å². The van der Waals surface area contributed by atoms with Crippen molar-refractivity contribution in [3.8, 4) is 0 Å². The van der Waals surface area contributed by atoms with Crippen LogP contribution in [0.15, 0.2) is 36.7 Å². The van der Waals surface area contributed by atoms with Crippen molar-refractivity contribution in [3.63, 3.8) is 0 Å². The second-order valence-electron chi connectivity index (χ2n) is 6.54. The van der Waals surface area contributed by atoms with Gasteiger partial charge in [0.05, 0.1) is 12.0 Å². The zero-order chi connectivity index (χ0) is 18.4. The van der Waals surface area contributed by atoms with Gasteiger partial charge < -0.3 is 19.9 Å². The average molecular weight is 356 g/mol. The number of benzene rings is 1. The largest absolute Gasteiger partial charge is 0.445 e. The molecule has 0 saturated carbocycles. The second kappa shape index (κ2) is 8.51. The number of aromatic amines is 1. The second-order valence-corrected chi connectivity index (χ2v) is 6.54. The van der Waals surface area contributed by atoms with E-state index in [-0.39, 0.29) is 12.0 Å². The number of hydrogen-bond donors (Lipinski definition) is 2. The molecular weight excluding hydrogens is 332 g/mol. The molecule has 2 amide bonds. The molecule has 1 aliphatic rings. The molecule has 0 bridgehead atoms. The zero-order valence-corrected chi connectivity index (χ0v) is 14.9. The molecule has 2 N–H and O–H groups in total. The van der Waals surface area contributed by atoms with Gasteiger partial charge in [-0.3, -0.25) is 4.79 Å². The van der Waals surface area contributed by atoms with E-state index in [4.69, 9.17) is 4.74 Å². The summed E-state index contributed by atoms with van der Waals surface area (Å²) in [6.45, 7) is 3.99. The van der Waals surface area contributed by atoms with Gasteiger partial charge in [-0.05, 0) is 31.2 Å². The van der Waals surface area contributed by atoms with Crippen molar-refractivity contribution in [1.29, 1.82) is 0 Å². The van der Waals surface area contributed by atoms with Crippen LogP contribution in [0.25, 0.3) is 0 Å². The molecule has 0 spiro atoms. The van der Waals surface area contributed by atoms with Gasteiger partial charge in [0, 0.05) is 19.6 Å². The maximum Gasteiger partial charge on any atom is 0.410 e. The Morgan fingerprint density at radius 2 is 2.00 bits per heavy atom. The number of carbonyl (C=O) groups is 2. The Hall–Kier alpha value is -2.83. The Morgan fingerprint density at radius 1 is 1.27 bits per heavy atom. The third-order valence-electron chi connectivity index (χ3n) is 4.69. The predicted octanol–water partition coefficient (Wildman–Crippen LogP) is 2.50. The fraction of sp³-hybridized carbons (Fsp3) is 0.421. The zero-order valence-electron chi connectivity index (χ0n) is 14.9. The van der Waals surface area contributed by atoms with E-state index in [9.17, 15) is 9.59 Å². The van der Waals surface area contributed by atoms with E-state index in [1.54, 1.807) is 11.8 Å². The molecular formula is C19H24N4O3. The van der Waals surface area contributed by atoms with E-state index < -0.39 is 0 Å². The van der Waals surface area contributed by atoms with Crippen molar-refractivity contribution < 1.29 is 14.3 Å². The van der Waals surface area contributed by atoms with Gasteiger partial charge in [0.25, 0.3) is 5.91 Å². The van der Waals surface area contributed by atoms with Crippen LogP contribution in [-0.2, 0) is 11.3 Å². The van der Waals surface area contributed by atoms with Crippen LogP contribution in [0.2, 0.25) is 0 Å². The smallest absolute Gasteiger partial charge is 0.410 e. The van der Waals surface area contributed by atoms with Crippen LogP contribution >= 0.6 is 0 Å². The highest BCUT2D eigenvalue weighted by atomic mass is 16.6. The first-order valence-corrected chi connectivity index (χ1v) is 8.87. The fourth-order valence-corrected chi connectivity index (χ4v) is 3.05. The first kappa shape index (κ1) is 18.0. The van der Waals surface area contributed by atoms with E-state index in [1.807, 2.05) is 30.3 Å². The van der Waals surface area contributed by atoms with Gasteiger partial charge in [-0.1, -0.05) is 30.3 Å². The van der Waals surface area contributed by atoms with Gasteiger partial charge in [-0.25, -0.2) is 9.78 Å². The van der Waals surface area contributed by atoms with Crippen molar-refractivity contribution in [1.82, 2.24) is 20.2 Å². The maximum absolute atomic E-state index is 12.2. The van der Waals surface area contributed by atoms with Crippen LogP contribution < -0.4 is 5.32 Å². The number of H-pyrrole nitrogens is 1. The molecule has 1 aromatic carbocycles. The Bertz CT molecular complexity index is 736. The van der Waals surface area contributed by atoms with E-state index in [0.717, 1.165) is 18.4 Å². The quantitative estimate of drug-likeness (QED) is 0.862. The Kier molecular flexibility index (Phi) is 5.88. The van der Waals surface area contributed by atoms with E-state index in [2.05, 4.69) is 15.3 Å². The number of hydrogen-bond acceptors (Lipinski definition) is 4. The molecule has 1 saturated heterocycles.